The lowest BCUT2D eigenvalue weighted by Gasteiger charge is -2.20. The number of nitrogens with one attached hydrogen (secondary N) is 2. The third-order valence-electron chi connectivity index (χ3n) is 4.64. The van der Waals surface area contributed by atoms with Crippen LogP contribution in [0, 0.1) is 0 Å². The molecule has 0 radical (unpaired) electrons. The van der Waals surface area contributed by atoms with E-state index in [0.29, 0.717) is 11.7 Å². The minimum absolute atomic E-state index is 0.0569. The van der Waals surface area contributed by atoms with E-state index in [9.17, 15) is 4.79 Å². The maximum absolute atomic E-state index is 12.6. The number of carbonyl (C=O) groups excluding carboxylic acids is 1. The van der Waals surface area contributed by atoms with Crippen molar-refractivity contribution in [1.82, 2.24) is 20.4 Å². The Morgan fingerprint density at radius 3 is 2.73 bits per heavy atom. The smallest absolute Gasteiger partial charge is 0.272 e. The Bertz CT molecular complexity index is 664. The third kappa shape index (κ3) is 2.99. The SMILES string of the molecule is CNC1CCCC[C@@H](NC(=O)c2nn(C)c3ccccc23)C1. The van der Waals surface area contributed by atoms with E-state index in [1.54, 1.807) is 4.68 Å². The Morgan fingerprint density at radius 2 is 1.95 bits per heavy atom. The zero-order valence-electron chi connectivity index (χ0n) is 13.3. The van der Waals surface area contributed by atoms with Gasteiger partial charge in [-0.3, -0.25) is 9.48 Å². The van der Waals surface area contributed by atoms with E-state index in [2.05, 4.69) is 15.7 Å². The van der Waals surface area contributed by atoms with Gasteiger partial charge in [-0.15, -0.1) is 0 Å². The van der Waals surface area contributed by atoms with Gasteiger partial charge in [0.25, 0.3) is 5.91 Å². The van der Waals surface area contributed by atoms with Gasteiger partial charge in [0.1, 0.15) is 0 Å². The molecule has 3 rings (SSSR count). The molecule has 5 nitrogen and oxygen atoms in total. The highest BCUT2D eigenvalue weighted by molar-refractivity contribution is 6.04. The van der Waals surface area contributed by atoms with E-state index >= 15 is 0 Å². The minimum Gasteiger partial charge on any atom is -0.348 e. The van der Waals surface area contributed by atoms with Crippen molar-refractivity contribution in [1.29, 1.82) is 0 Å². The van der Waals surface area contributed by atoms with Crippen molar-refractivity contribution >= 4 is 16.8 Å². The van der Waals surface area contributed by atoms with Gasteiger partial charge in [-0.1, -0.05) is 31.0 Å². The summed E-state index contributed by atoms with van der Waals surface area (Å²) in [6.45, 7) is 0. The zero-order chi connectivity index (χ0) is 15.5. The highest BCUT2D eigenvalue weighted by atomic mass is 16.2. The van der Waals surface area contributed by atoms with Gasteiger partial charge in [0.15, 0.2) is 5.69 Å². The highest BCUT2D eigenvalue weighted by Crippen LogP contribution is 2.20. The number of benzene rings is 1. The van der Waals surface area contributed by atoms with Gasteiger partial charge in [-0.25, -0.2) is 0 Å². The molecular formula is C17H24N4O. The molecule has 1 aliphatic rings. The van der Waals surface area contributed by atoms with Crippen LogP contribution in [0.4, 0.5) is 0 Å². The molecule has 118 valence electrons. The fourth-order valence-electron chi connectivity index (χ4n) is 3.39. The highest BCUT2D eigenvalue weighted by Gasteiger charge is 2.23. The first-order chi connectivity index (χ1) is 10.7. The largest absolute Gasteiger partial charge is 0.348 e. The average Bonchev–Trinajstić information content (AvgIpc) is 2.71. The van der Waals surface area contributed by atoms with E-state index in [-0.39, 0.29) is 11.9 Å². The number of fused-ring (bicyclic) bond motifs is 1. The number of hydrogen-bond donors (Lipinski definition) is 2. The lowest BCUT2D eigenvalue weighted by atomic mass is 10.1. The summed E-state index contributed by atoms with van der Waals surface area (Å²) in [6.07, 6.45) is 5.63. The van der Waals surface area contributed by atoms with Crippen molar-refractivity contribution in [3.8, 4) is 0 Å². The predicted molar refractivity (Wildman–Crippen MR) is 87.9 cm³/mol. The topological polar surface area (TPSA) is 58.9 Å². The zero-order valence-corrected chi connectivity index (χ0v) is 13.3. The lowest BCUT2D eigenvalue weighted by molar-refractivity contribution is 0.0927. The summed E-state index contributed by atoms with van der Waals surface area (Å²) in [5.74, 6) is -0.0569. The quantitative estimate of drug-likeness (QED) is 0.855. The van der Waals surface area contributed by atoms with Crippen LogP contribution in [0.3, 0.4) is 0 Å². The molecule has 2 N–H and O–H groups in total. The fraction of sp³-hybridized carbons (Fsp3) is 0.529. The number of aromatic nitrogens is 2. The van der Waals surface area contributed by atoms with E-state index in [1.165, 1.54) is 19.3 Å². The van der Waals surface area contributed by atoms with Crippen LogP contribution in [-0.4, -0.2) is 34.8 Å². The molecule has 1 aromatic carbocycles. The van der Waals surface area contributed by atoms with Crippen molar-refractivity contribution in [2.45, 2.75) is 44.2 Å². The number of para-hydroxylation sites is 1. The van der Waals surface area contributed by atoms with Gasteiger partial charge in [0, 0.05) is 24.5 Å². The molecule has 2 atom stereocenters. The average molecular weight is 300 g/mol. The Labute approximate surface area is 131 Å². The van der Waals surface area contributed by atoms with Gasteiger partial charge in [0.05, 0.1) is 5.52 Å². The summed E-state index contributed by atoms with van der Waals surface area (Å²) < 4.78 is 1.77. The molecule has 1 fully saturated rings. The first-order valence-electron chi connectivity index (χ1n) is 8.09. The second-order valence-corrected chi connectivity index (χ2v) is 6.17. The summed E-state index contributed by atoms with van der Waals surface area (Å²) in [5.41, 5.74) is 1.52. The van der Waals surface area contributed by atoms with Crippen LogP contribution in [0.5, 0.6) is 0 Å². The van der Waals surface area contributed by atoms with Gasteiger partial charge in [-0.05, 0) is 32.4 Å². The molecule has 0 saturated heterocycles. The maximum Gasteiger partial charge on any atom is 0.272 e. The first-order valence-corrected chi connectivity index (χ1v) is 8.09. The van der Waals surface area contributed by atoms with Crippen molar-refractivity contribution in [3.63, 3.8) is 0 Å². The second kappa shape index (κ2) is 6.48. The number of hydrogen-bond acceptors (Lipinski definition) is 3. The van der Waals surface area contributed by atoms with Gasteiger partial charge >= 0.3 is 0 Å². The summed E-state index contributed by atoms with van der Waals surface area (Å²) >= 11 is 0. The molecule has 1 aliphatic carbocycles. The molecule has 1 amide bonds. The molecule has 0 aliphatic heterocycles. The molecule has 0 bridgehead atoms. The molecule has 0 spiro atoms. The van der Waals surface area contributed by atoms with Crippen LogP contribution in [0.1, 0.15) is 42.6 Å². The standard InChI is InChI=1S/C17H24N4O/c1-18-12-7-3-4-8-13(11-12)19-17(22)16-14-9-5-6-10-15(14)21(2)20-16/h5-6,9-10,12-13,18H,3-4,7-8,11H2,1-2H3,(H,19,22)/t12?,13-/m1/s1. The molecule has 1 aromatic heterocycles. The Balaban J connectivity index is 1.78. The van der Waals surface area contributed by atoms with Crippen molar-refractivity contribution in [2.75, 3.05) is 7.05 Å². The van der Waals surface area contributed by atoms with Crippen LogP contribution in [-0.2, 0) is 7.05 Å². The van der Waals surface area contributed by atoms with Crippen LogP contribution >= 0.6 is 0 Å². The van der Waals surface area contributed by atoms with Crippen molar-refractivity contribution in [2.24, 2.45) is 7.05 Å². The van der Waals surface area contributed by atoms with Crippen LogP contribution < -0.4 is 10.6 Å². The number of carbonyl (C=O) groups is 1. The summed E-state index contributed by atoms with van der Waals surface area (Å²) in [4.78, 5) is 12.6. The lowest BCUT2D eigenvalue weighted by Crippen LogP contribution is -2.39. The van der Waals surface area contributed by atoms with E-state index in [1.807, 2.05) is 38.4 Å². The van der Waals surface area contributed by atoms with E-state index in [0.717, 1.165) is 23.7 Å². The molecule has 2 aromatic rings. The van der Waals surface area contributed by atoms with E-state index in [4.69, 9.17) is 0 Å². The Kier molecular flexibility index (Phi) is 4.43. The van der Waals surface area contributed by atoms with Crippen LogP contribution in [0.2, 0.25) is 0 Å². The van der Waals surface area contributed by atoms with Crippen molar-refractivity contribution in [3.05, 3.63) is 30.0 Å². The maximum atomic E-state index is 12.6. The van der Waals surface area contributed by atoms with Gasteiger partial charge < -0.3 is 10.6 Å². The van der Waals surface area contributed by atoms with E-state index < -0.39 is 0 Å². The number of nitrogens with zero attached hydrogens (tertiary/aromatic N) is 2. The fourth-order valence-corrected chi connectivity index (χ4v) is 3.39. The van der Waals surface area contributed by atoms with Crippen LogP contribution in [0.15, 0.2) is 24.3 Å². The first kappa shape index (κ1) is 15.0. The number of aryl methyl sites for hydroxylation is 1. The summed E-state index contributed by atoms with van der Waals surface area (Å²) in [7, 11) is 3.88. The predicted octanol–water partition coefficient (Wildman–Crippen LogP) is 2.22. The third-order valence-corrected chi connectivity index (χ3v) is 4.64. The van der Waals surface area contributed by atoms with Gasteiger partial charge in [0.2, 0.25) is 0 Å². The second-order valence-electron chi connectivity index (χ2n) is 6.17. The summed E-state index contributed by atoms with van der Waals surface area (Å²) in [5, 5.41) is 11.9. The van der Waals surface area contributed by atoms with Crippen molar-refractivity contribution < 1.29 is 4.79 Å². The molecule has 1 unspecified atom stereocenters. The molecule has 1 heterocycles. The molecule has 22 heavy (non-hydrogen) atoms. The summed E-state index contributed by atoms with van der Waals surface area (Å²) in [6, 6.07) is 8.59. The van der Waals surface area contributed by atoms with Crippen LogP contribution in [0.25, 0.3) is 10.9 Å². The Morgan fingerprint density at radius 1 is 1.23 bits per heavy atom. The minimum atomic E-state index is -0.0569. The monoisotopic (exact) mass is 300 g/mol. The Hall–Kier alpha value is -1.88. The van der Waals surface area contributed by atoms with Gasteiger partial charge in [-0.2, -0.15) is 5.10 Å². The normalized spacial score (nSPS) is 22.5. The number of rotatable bonds is 3. The molecular weight excluding hydrogens is 276 g/mol. The number of amides is 1. The molecule has 1 saturated carbocycles. The molecule has 5 heteroatoms.